The highest BCUT2D eigenvalue weighted by molar-refractivity contribution is 6.11. The Bertz CT molecular complexity index is 3910. The zero-order valence-corrected chi connectivity index (χ0v) is 35.4. The second-order valence-electron chi connectivity index (χ2n) is 16.9. The standard InChI is InChI=1S/C62H40N2O/c1-2-17-49-41(14-1)28-29-45-38-46(33-36-50(45)49)52-19-4-8-23-57(52)63(48-16-13-15-43(39-48)44-32-37-56-55-22-7-12-27-61(55)65-62(56)40-44)47-34-30-42(31-35-47)51-18-3-9-24-58(51)64-59-25-10-5-20-53(59)54-21-6-11-26-60(54)64/h1-40H. The molecule has 0 aliphatic carbocycles. The second-order valence-corrected chi connectivity index (χ2v) is 16.9. The van der Waals surface area contributed by atoms with Crippen LogP contribution in [0.4, 0.5) is 17.1 Å². The van der Waals surface area contributed by atoms with E-state index in [9.17, 15) is 0 Å². The fourth-order valence-electron chi connectivity index (χ4n) is 10.1. The quantitative estimate of drug-likeness (QED) is 0.149. The molecule has 0 aliphatic heterocycles. The van der Waals surface area contributed by atoms with Gasteiger partial charge in [0.1, 0.15) is 11.2 Å². The lowest BCUT2D eigenvalue weighted by molar-refractivity contribution is 0.669. The van der Waals surface area contributed by atoms with Crippen molar-refractivity contribution in [2.75, 3.05) is 4.90 Å². The van der Waals surface area contributed by atoms with Gasteiger partial charge in [0.15, 0.2) is 0 Å². The number of hydrogen-bond donors (Lipinski definition) is 0. The van der Waals surface area contributed by atoms with Crippen molar-refractivity contribution in [3.05, 3.63) is 243 Å². The van der Waals surface area contributed by atoms with Crippen LogP contribution in [0.2, 0.25) is 0 Å². The summed E-state index contributed by atoms with van der Waals surface area (Å²) < 4.78 is 8.77. The van der Waals surface area contributed by atoms with E-state index in [1.807, 2.05) is 12.1 Å². The molecule has 304 valence electrons. The average molecular weight is 829 g/mol. The van der Waals surface area contributed by atoms with E-state index in [-0.39, 0.29) is 0 Å². The summed E-state index contributed by atoms with van der Waals surface area (Å²) >= 11 is 0. The minimum Gasteiger partial charge on any atom is -0.456 e. The summed E-state index contributed by atoms with van der Waals surface area (Å²) in [4.78, 5) is 2.41. The van der Waals surface area contributed by atoms with Crippen LogP contribution in [-0.4, -0.2) is 4.57 Å². The van der Waals surface area contributed by atoms with E-state index in [4.69, 9.17) is 4.42 Å². The molecule has 13 aromatic rings. The fourth-order valence-corrected chi connectivity index (χ4v) is 10.1. The zero-order valence-electron chi connectivity index (χ0n) is 35.4. The number of aromatic nitrogens is 1. The molecule has 0 aliphatic rings. The van der Waals surface area contributed by atoms with Gasteiger partial charge in [0, 0.05) is 44.0 Å². The maximum atomic E-state index is 6.36. The SMILES string of the molecule is c1cc(-c2ccc3c(c2)oc2ccccc23)cc(N(c2ccc(-c3ccccc3-n3c4ccccc4c4ccccc43)cc2)c2ccccc2-c2ccc3c(ccc4ccccc43)c2)c1. The van der Waals surface area contributed by atoms with Gasteiger partial charge < -0.3 is 13.9 Å². The first-order valence-corrected chi connectivity index (χ1v) is 22.2. The molecule has 13 rings (SSSR count). The summed E-state index contributed by atoms with van der Waals surface area (Å²) in [5.74, 6) is 0. The first-order valence-electron chi connectivity index (χ1n) is 22.2. The molecular formula is C62H40N2O. The number of anilines is 3. The predicted octanol–water partition coefficient (Wildman–Crippen LogP) is 17.5. The Morgan fingerprint density at radius 1 is 0.308 bits per heavy atom. The van der Waals surface area contributed by atoms with Crippen molar-refractivity contribution in [2.45, 2.75) is 0 Å². The Hall–Kier alpha value is -8.66. The van der Waals surface area contributed by atoms with E-state index in [1.165, 1.54) is 48.9 Å². The van der Waals surface area contributed by atoms with E-state index in [1.54, 1.807) is 0 Å². The monoisotopic (exact) mass is 828 g/mol. The molecule has 0 atom stereocenters. The van der Waals surface area contributed by atoms with Crippen LogP contribution >= 0.6 is 0 Å². The van der Waals surface area contributed by atoms with Crippen molar-refractivity contribution in [1.82, 2.24) is 4.57 Å². The number of rotatable bonds is 7. The average Bonchev–Trinajstić information content (AvgIpc) is 3.92. The van der Waals surface area contributed by atoms with Crippen LogP contribution in [0, 0.1) is 0 Å². The predicted molar refractivity (Wildman–Crippen MR) is 274 cm³/mol. The molecule has 0 saturated heterocycles. The smallest absolute Gasteiger partial charge is 0.136 e. The third-order valence-electron chi connectivity index (χ3n) is 13.2. The number of nitrogens with zero attached hydrogens (tertiary/aromatic N) is 2. The van der Waals surface area contributed by atoms with Gasteiger partial charge in [-0.15, -0.1) is 0 Å². The Morgan fingerprint density at radius 2 is 0.892 bits per heavy atom. The van der Waals surface area contributed by atoms with Gasteiger partial charge in [-0.05, 0) is 117 Å². The number of furan rings is 1. The van der Waals surface area contributed by atoms with E-state index in [0.29, 0.717) is 0 Å². The van der Waals surface area contributed by atoms with E-state index < -0.39 is 0 Å². The highest BCUT2D eigenvalue weighted by Gasteiger charge is 2.20. The lowest BCUT2D eigenvalue weighted by Crippen LogP contribution is -2.11. The van der Waals surface area contributed by atoms with Gasteiger partial charge in [-0.3, -0.25) is 0 Å². The number of fused-ring (bicyclic) bond motifs is 9. The number of hydrogen-bond acceptors (Lipinski definition) is 2. The molecule has 0 unspecified atom stereocenters. The van der Waals surface area contributed by atoms with Crippen LogP contribution in [0.5, 0.6) is 0 Å². The second kappa shape index (κ2) is 15.0. The maximum absolute atomic E-state index is 6.36. The highest BCUT2D eigenvalue weighted by atomic mass is 16.3. The van der Waals surface area contributed by atoms with Crippen LogP contribution in [0.15, 0.2) is 247 Å². The first-order chi connectivity index (χ1) is 32.2. The number of para-hydroxylation sites is 5. The van der Waals surface area contributed by atoms with Crippen LogP contribution in [-0.2, 0) is 0 Å². The topological polar surface area (TPSA) is 21.3 Å². The summed E-state index contributed by atoms with van der Waals surface area (Å²) in [6, 6.07) is 87.8. The van der Waals surface area contributed by atoms with Crippen molar-refractivity contribution in [2.24, 2.45) is 0 Å². The van der Waals surface area contributed by atoms with E-state index in [2.05, 4.69) is 240 Å². The Labute approximate surface area is 376 Å². The zero-order chi connectivity index (χ0) is 42.8. The highest BCUT2D eigenvalue weighted by Crippen LogP contribution is 2.44. The molecule has 3 heteroatoms. The largest absolute Gasteiger partial charge is 0.456 e. The van der Waals surface area contributed by atoms with Gasteiger partial charge in [-0.25, -0.2) is 0 Å². The van der Waals surface area contributed by atoms with Gasteiger partial charge in [0.05, 0.1) is 22.4 Å². The van der Waals surface area contributed by atoms with Gasteiger partial charge in [-0.2, -0.15) is 0 Å². The molecular weight excluding hydrogens is 789 g/mol. The Balaban J connectivity index is 0.963. The fraction of sp³-hybridized carbons (Fsp3) is 0. The molecule has 11 aromatic carbocycles. The molecule has 65 heavy (non-hydrogen) atoms. The Morgan fingerprint density at radius 3 is 1.72 bits per heavy atom. The molecule has 3 nitrogen and oxygen atoms in total. The third kappa shape index (κ3) is 6.12. The molecule has 0 saturated carbocycles. The summed E-state index contributed by atoms with van der Waals surface area (Å²) in [5.41, 5.74) is 15.4. The molecule has 0 bridgehead atoms. The summed E-state index contributed by atoms with van der Waals surface area (Å²) in [5, 5.41) is 9.75. The normalized spacial score (nSPS) is 11.7. The third-order valence-corrected chi connectivity index (χ3v) is 13.2. The maximum Gasteiger partial charge on any atom is 0.136 e. The van der Waals surface area contributed by atoms with Crippen LogP contribution < -0.4 is 4.90 Å². The first kappa shape index (κ1) is 36.9. The number of benzene rings is 11. The van der Waals surface area contributed by atoms with Crippen LogP contribution in [0.25, 0.3) is 104 Å². The molecule has 0 amide bonds. The minimum atomic E-state index is 0.886. The lowest BCUT2D eigenvalue weighted by atomic mass is 9.96. The lowest BCUT2D eigenvalue weighted by Gasteiger charge is -2.28. The summed E-state index contributed by atoms with van der Waals surface area (Å²) in [7, 11) is 0. The van der Waals surface area contributed by atoms with Crippen molar-refractivity contribution < 1.29 is 4.42 Å². The van der Waals surface area contributed by atoms with Gasteiger partial charge in [0.2, 0.25) is 0 Å². The van der Waals surface area contributed by atoms with Crippen LogP contribution in [0.1, 0.15) is 0 Å². The molecule has 2 aromatic heterocycles. The minimum absolute atomic E-state index is 0.886. The summed E-state index contributed by atoms with van der Waals surface area (Å²) in [6.07, 6.45) is 0. The van der Waals surface area contributed by atoms with Crippen molar-refractivity contribution in [3.63, 3.8) is 0 Å². The van der Waals surface area contributed by atoms with E-state index >= 15 is 0 Å². The van der Waals surface area contributed by atoms with Crippen molar-refractivity contribution >= 4 is 82.4 Å². The molecule has 2 heterocycles. The van der Waals surface area contributed by atoms with Gasteiger partial charge in [-0.1, -0.05) is 170 Å². The molecule has 0 spiro atoms. The molecule has 0 N–H and O–H groups in total. The van der Waals surface area contributed by atoms with Crippen molar-refractivity contribution in [3.8, 4) is 39.1 Å². The van der Waals surface area contributed by atoms with E-state index in [0.717, 1.165) is 72.5 Å². The van der Waals surface area contributed by atoms with Gasteiger partial charge in [0.25, 0.3) is 0 Å². The van der Waals surface area contributed by atoms with Crippen molar-refractivity contribution in [1.29, 1.82) is 0 Å². The molecule has 0 fully saturated rings. The summed E-state index contributed by atoms with van der Waals surface area (Å²) in [6.45, 7) is 0. The Kier molecular flexibility index (Phi) is 8.53. The van der Waals surface area contributed by atoms with Crippen LogP contribution in [0.3, 0.4) is 0 Å². The van der Waals surface area contributed by atoms with Gasteiger partial charge >= 0.3 is 0 Å². The molecule has 0 radical (unpaired) electrons.